The minimum Gasteiger partial charge on any atom is -0.356 e. The maximum Gasteiger partial charge on any atom is 0.220 e. The van der Waals surface area contributed by atoms with Crippen molar-refractivity contribution in [2.24, 2.45) is 5.92 Å². The number of terminal acetylenes is 1. The fourth-order valence-electron chi connectivity index (χ4n) is 2.48. The quantitative estimate of drug-likeness (QED) is 0.532. The van der Waals surface area contributed by atoms with Crippen molar-refractivity contribution in [3.63, 3.8) is 0 Å². The molecule has 0 aromatic rings. The molecule has 1 fully saturated rings. The number of amides is 1. The molecule has 1 N–H and O–H groups in total. The van der Waals surface area contributed by atoms with Gasteiger partial charge in [0.15, 0.2) is 0 Å². The van der Waals surface area contributed by atoms with E-state index in [9.17, 15) is 4.79 Å². The van der Waals surface area contributed by atoms with Gasteiger partial charge in [0.25, 0.3) is 0 Å². The van der Waals surface area contributed by atoms with Crippen LogP contribution in [0, 0.1) is 18.3 Å². The SMILES string of the molecule is C#CCCCCNC(=O)CCC1CCCCC1. The van der Waals surface area contributed by atoms with Gasteiger partial charge in [0, 0.05) is 19.4 Å². The second-order valence-electron chi connectivity index (χ2n) is 5.05. The third kappa shape index (κ3) is 7.05. The van der Waals surface area contributed by atoms with E-state index in [0.29, 0.717) is 6.42 Å². The number of hydrogen-bond acceptors (Lipinski definition) is 1. The molecule has 0 aromatic heterocycles. The highest BCUT2D eigenvalue weighted by molar-refractivity contribution is 5.75. The van der Waals surface area contributed by atoms with Crippen LogP contribution in [0.4, 0.5) is 0 Å². The lowest BCUT2D eigenvalue weighted by Gasteiger charge is -2.20. The smallest absolute Gasteiger partial charge is 0.220 e. The second-order valence-corrected chi connectivity index (χ2v) is 5.05. The van der Waals surface area contributed by atoms with Crippen LogP contribution in [0.15, 0.2) is 0 Å². The van der Waals surface area contributed by atoms with E-state index in [-0.39, 0.29) is 5.91 Å². The van der Waals surface area contributed by atoms with Gasteiger partial charge in [-0.05, 0) is 25.2 Å². The van der Waals surface area contributed by atoms with Crippen LogP contribution in [0.1, 0.15) is 64.2 Å². The van der Waals surface area contributed by atoms with E-state index in [4.69, 9.17) is 6.42 Å². The van der Waals surface area contributed by atoms with E-state index < -0.39 is 0 Å². The van der Waals surface area contributed by atoms with Gasteiger partial charge in [-0.3, -0.25) is 4.79 Å². The molecule has 0 unspecified atom stereocenters. The Morgan fingerprint density at radius 2 is 2.00 bits per heavy atom. The monoisotopic (exact) mass is 235 g/mol. The molecular formula is C15H25NO. The molecule has 0 radical (unpaired) electrons. The molecule has 0 spiro atoms. The Hall–Kier alpha value is -0.970. The molecule has 0 aliphatic heterocycles. The van der Waals surface area contributed by atoms with Crippen LogP contribution in [-0.2, 0) is 4.79 Å². The summed E-state index contributed by atoms with van der Waals surface area (Å²) >= 11 is 0. The molecule has 1 amide bonds. The Morgan fingerprint density at radius 1 is 1.24 bits per heavy atom. The molecule has 0 atom stereocenters. The Balaban J connectivity index is 1.95. The first-order valence-electron chi connectivity index (χ1n) is 7.03. The molecule has 17 heavy (non-hydrogen) atoms. The molecule has 1 aliphatic carbocycles. The summed E-state index contributed by atoms with van der Waals surface area (Å²) in [5.74, 6) is 3.63. The van der Waals surface area contributed by atoms with Crippen LogP contribution in [0.3, 0.4) is 0 Å². The molecule has 1 aliphatic rings. The van der Waals surface area contributed by atoms with Crippen molar-refractivity contribution in [2.45, 2.75) is 64.2 Å². The number of nitrogens with one attached hydrogen (secondary N) is 1. The van der Waals surface area contributed by atoms with Crippen molar-refractivity contribution in [3.05, 3.63) is 0 Å². The zero-order valence-electron chi connectivity index (χ0n) is 10.8. The zero-order chi connectivity index (χ0) is 12.3. The van der Waals surface area contributed by atoms with Crippen LogP contribution in [0.5, 0.6) is 0 Å². The van der Waals surface area contributed by atoms with Crippen LogP contribution < -0.4 is 5.32 Å². The van der Waals surface area contributed by atoms with E-state index >= 15 is 0 Å². The highest BCUT2D eigenvalue weighted by atomic mass is 16.1. The van der Waals surface area contributed by atoms with Crippen molar-refractivity contribution in [2.75, 3.05) is 6.54 Å². The Labute approximate surface area is 106 Å². The summed E-state index contributed by atoms with van der Waals surface area (Å²) in [5.41, 5.74) is 0. The van der Waals surface area contributed by atoms with Crippen molar-refractivity contribution in [1.82, 2.24) is 5.32 Å². The molecule has 0 saturated heterocycles. The van der Waals surface area contributed by atoms with Crippen LogP contribution in [0.2, 0.25) is 0 Å². The lowest BCUT2D eigenvalue weighted by Crippen LogP contribution is -2.25. The van der Waals surface area contributed by atoms with Crippen LogP contribution >= 0.6 is 0 Å². The van der Waals surface area contributed by atoms with Crippen molar-refractivity contribution < 1.29 is 4.79 Å². The minimum absolute atomic E-state index is 0.219. The van der Waals surface area contributed by atoms with Gasteiger partial charge >= 0.3 is 0 Å². The molecule has 2 nitrogen and oxygen atoms in total. The first-order valence-corrected chi connectivity index (χ1v) is 7.03. The molecule has 1 rings (SSSR count). The fourth-order valence-corrected chi connectivity index (χ4v) is 2.48. The summed E-state index contributed by atoms with van der Waals surface area (Å²) in [6.45, 7) is 0.783. The van der Waals surface area contributed by atoms with E-state index in [2.05, 4.69) is 11.2 Å². The summed E-state index contributed by atoms with van der Waals surface area (Å²) in [6.07, 6.45) is 16.5. The lowest BCUT2D eigenvalue weighted by atomic mass is 9.86. The molecule has 96 valence electrons. The predicted molar refractivity (Wildman–Crippen MR) is 71.5 cm³/mol. The second kappa shape index (κ2) is 9.10. The van der Waals surface area contributed by atoms with Crippen molar-refractivity contribution in [3.8, 4) is 12.3 Å². The van der Waals surface area contributed by atoms with Gasteiger partial charge in [-0.25, -0.2) is 0 Å². The van der Waals surface area contributed by atoms with E-state index in [1.54, 1.807) is 0 Å². The average molecular weight is 235 g/mol. The third-order valence-corrected chi connectivity index (χ3v) is 3.57. The summed E-state index contributed by atoms with van der Waals surface area (Å²) < 4.78 is 0. The lowest BCUT2D eigenvalue weighted by molar-refractivity contribution is -0.121. The molecule has 2 heteroatoms. The van der Waals surface area contributed by atoms with E-state index in [0.717, 1.165) is 38.1 Å². The first kappa shape index (κ1) is 14.1. The number of rotatable bonds is 7. The zero-order valence-corrected chi connectivity index (χ0v) is 10.8. The number of unbranched alkanes of at least 4 members (excludes halogenated alkanes) is 2. The van der Waals surface area contributed by atoms with Gasteiger partial charge in [-0.1, -0.05) is 32.1 Å². The molecule has 0 bridgehead atoms. The van der Waals surface area contributed by atoms with Gasteiger partial charge in [0.2, 0.25) is 5.91 Å². The van der Waals surface area contributed by atoms with Gasteiger partial charge in [0.1, 0.15) is 0 Å². The summed E-state index contributed by atoms with van der Waals surface area (Å²) in [5, 5.41) is 2.97. The van der Waals surface area contributed by atoms with Crippen molar-refractivity contribution >= 4 is 5.91 Å². The molecule has 0 aromatic carbocycles. The standard InChI is InChI=1S/C15H25NO/c1-2-3-4-8-13-16-15(17)12-11-14-9-6-5-7-10-14/h1,14H,3-13H2,(H,16,17). The average Bonchev–Trinajstić information content (AvgIpc) is 2.37. The summed E-state index contributed by atoms with van der Waals surface area (Å²) in [4.78, 5) is 11.6. The topological polar surface area (TPSA) is 29.1 Å². The van der Waals surface area contributed by atoms with Gasteiger partial charge < -0.3 is 5.32 Å². The van der Waals surface area contributed by atoms with Gasteiger partial charge in [0.05, 0.1) is 0 Å². The van der Waals surface area contributed by atoms with Gasteiger partial charge in [-0.2, -0.15) is 0 Å². The summed E-state index contributed by atoms with van der Waals surface area (Å²) in [6, 6.07) is 0. The molecule has 0 heterocycles. The minimum atomic E-state index is 0.219. The van der Waals surface area contributed by atoms with E-state index in [1.165, 1.54) is 32.1 Å². The Bertz CT molecular complexity index is 248. The van der Waals surface area contributed by atoms with Gasteiger partial charge in [-0.15, -0.1) is 12.3 Å². The number of hydrogen-bond donors (Lipinski definition) is 1. The normalized spacial score (nSPS) is 16.4. The van der Waals surface area contributed by atoms with Crippen LogP contribution in [-0.4, -0.2) is 12.5 Å². The molecule has 1 saturated carbocycles. The van der Waals surface area contributed by atoms with Crippen LogP contribution in [0.25, 0.3) is 0 Å². The number of carbonyl (C=O) groups excluding carboxylic acids is 1. The fraction of sp³-hybridized carbons (Fsp3) is 0.800. The number of carbonyl (C=O) groups is 1. The molecular weight excluding hydrogens is 210 g/mol. The largest absolute Gasteiger partial charge is 0.356 e. The highest BCUT2D eigenvalue weighted by Crippen LogP contribution is 2.27. The summed E-state index contributed by atoms with van der Waals surface area (Å²) in [7, 11) is 0. The first-order chi connectivity index (χ1) is 8.33. The predicted octanol–water partition coefficient (Wildman–Crippen LogP) is 3.27. The van der Waals surface area contributed by atoms with Crippen molar-refractivity contribution in [1.29, 1.82) is 0 Å². The maximum absolute atomic E-state index is 11.6. The maximum atomic E-state index is 11.6. The Morgan fingerprint density at radius 3 is 2.71 bits per heavy atom. The third-order valence-electron chi connectivity index (χ3n) is 3.57. The highest BCUT2D eigenvalue weighted by Gasteiger charge is 2.14. The van der Waals surface area contributed by atoms with E-state index in [1.807, 2.05) is 0 Å². The Kier molecular flexibility index (Phi) is 7.54.